The quantitative estimate of drug-likeness (QED) is 0.00981. The lowest BCUT2D eigenvalue weighted by atomic mass is 10.1. The highest BCUT2D eigenvalue weighted by Gasteiger charge is 2.21. The van der Waals surface area contributed by atoms with E-state index in [2.05, 4.69) is 81.5 Å². The molecule has 8 aromatic carbocycles. The predicted octanol–water partition coefficient (Wildman–Crippen LogP) is 11.4. The first-order valence-corrected chi connectivity index (χ1v) is 45.0. The third-order valence-corrected chi connectivity index (χ3v) is 21.3. The molecule has 0 spiro atoms. The van der Waals surface area contributed by atoms with Gasteiger partial charge in [-0.05, 0) is 97.8 Å². The highest BCUT2D eigenvalue weighted by atomic mass is 32.2. The zero-order chi connectivity index (χ0) is 85.5. The zero-order valence-electron chi connectivity index (χ0n) is 61.7. The summed E-state index contributed by atoms with van der Waals surface area (Å²) in [6.07, 6.45) is 0.0116. The Morgan fingerprint density at radius 2 is 0.627 bits per heavy atom. The molecule has 10 rings (SSSR count). The van der Waals surface area contributed by atoms with E-state index in [0.717, 1.165) is 18.2 Å². The van der Waals surface area contributed by atoms with E-state index in [1.54, 1.807) is 72.8 Å². The minimum absolute atomic E-state index is 0.00496. The van der Waals surface area contributed by atoms with Gasteiger partial charge in [-0.2, -0.15) is 115 Å². The van der Waals surface area contributed by atoms with Gasteiger partial charge in [-0.3, -0.25) is 31.9 Å². The van der Waals surface area contributed by atoms with E-state index < -0.39 is 98.7 Å². The van der Waals surface area contributed by atoms with Crippen molar-refractivity contribution in [2.45, 2.75) is 53.2 Å². The molecular formula is C70H72N16O25S7. The van der Waals surface area contributed by atoms with E-state index in [0.29, 0.717) is 62.3 Å². The van der Waals surface area contributed by atoms with Crippen molar-refractivity contribution in [2.24, 2.45) is 40.9 Å². The van der Waals surface area contributed by atoms with Crippen LogP contribution in [0.3, 0.4) is 0 Å². The number of hydrogen-bond acceptors (Lipinski definition) is 34. The van der Waals surface area contributed by atoms with Gasteiger partial charge in [-0.15, -0.1) is 5.11 Å². The Bertz CT molecular complexity index is 6260. The van der Waals surface area contributed by atoms with Crippen molar-refractivity contribution in [1.82, 2.24) is 29.9 Å². The summed E-state index contributed by atoms with van der Waals surface area (Å²) in [5.41, 5.74) is 4.21. The first-order valence-electron chi connectivity index (χ1n) is 34.2. The lowest BCUT2D eigenvalue weighted by Crippen LogP contribution is -2.18. The highest BCUT2D eigenvalue weighted by molar-refractivity contribution is 7.87. The molecule has 0 aliphatic rings. The lowest BCUT2D eigenvalue weighted by molar-refractivity contribution is 0.313. The van der Waals surface area contributed by atoms with Gasteiger partial charge in [0, 0.05) is 85.3 Å². The Hall–Kier alpha value is -11.7. The molecular weight excluding hydrogens is 1690 g/mol. The number of benzene rings is 8. The molecule has 10 aromatic rings. The van der Waals surface area contributed by atoms with Gasteiger partial charge in [0.2, 0.25) is 11.9 Å². The van der Waals surface area contributed by atoms with Crippen molar-refractivity contribution in [3.63, 3.8) is 0 Å². The molecule has 118 heavy (non-hydrogen) atoms. The Morgan fingerprint density at radius 1 is 0.314 bits per heavy atom. The standard InChI is InChI=1S/C35H36N8O14S4.C35H36N8O11S3/c1-56-30-21-26(41-40-25-6-4-7-28(20-25)60(50,51)52)12-10-23(30)18-33-37-34(39-35(38-33)36-14-17-59(47,48)49)19-24-11-13-27(22-31(24)57-15-5-16-58(44,45)46)42-43-29-8-2-3-9-32(29)61(53,54)55;1-53-31-22-28(43-41-27-9-5-10-30(21-27)57(50,51)52)13-11-24(31)19-33-37-34(39-35(38-33)36-15-18-56(47,48)49)20-25-12-14-29(42-40-26-7-3-2-4-8-26)23-32(25)54-16-6-17-55(44,45)46/h2-4,6-13,20-22H,5,14-19H2,1H3,(H,44,45,46)(H,47,48,49)(H,50,51,52)(H,53,54,55)(H,36,37,38,39);2-5,7-14,21-23H,6,15-20H2,1H3,(H,44,45,46)(H,47,48,49)(H,50,51,52)(H,36,37,38,39). The van der Waals surface area contributed by atoms with Crippen LogP contribution in [-0.4, -0.2) is 184 Å². The molecule has 41 nitrogen and oxygen atoms in total. The fraction of sp³-hybridized carbons (Fsp3) is 0.229. The number of azo groups is 4. The second-order valence-corrected chi connectivity index (χ2v) is 35.2. The topological polar surface area (TPSA) is 618 Å². The second-order valence-electron chi connectivity index (χ2n) is 24.7. The van der Waals surface area contributed by atoms with E-state index in [4.69, 9.17) is 23.5 Å². The van der Waals surface area contributed by atoms with Crippen molar-refractivity contribution in [3.05, 3.63) is 221 Å². The van der Waals surface area contributed by atoms with Crippen molar-refractivity contribution in [3.8, 4) is 23.0 Å². The minimum atomic E-state index is -4.63. The van der Waals surface area contributed by atoms with E-state index in [1.807, 2.05) is 18.2 Å². The number of rotatable bonds is 39. The van der Waals surface area contributed by atoms with Gasteiger partial charge in [-0.1, -0.05) is 66.7 Å². The Kier molecular flexibility index (Phi) is 31.0. The molecule has 0 aliphatic heterocycles. The molecule has 0 saturated heterocycles. The number of ether oxygens (including phenoxy) is 4. The highest BCUT2D eigenvalue weighted by Crippen LogP contribution is 2.35. The molecule has 0 fully saturated rings. The summed E-state index contributed by atoms with van der Waals surface area (Å²) in [4.78, 5) is 25.8. The first-order chi connectivity index (χ1) is 55.7. The van der Waals surface area contributed by atoms with Gasteiger partial charge in [0.25, 0.3) is 70.8 Å². The summed E-state index contributed by atoms with van der Waals surface area (Å²) in [7, 11) is -27.8. The van der Waals surface area contributed by atoms with Crippen LogP contribution in [0.2, 0.25) is 0 Å². The van der Waals surface area contributed by atoms with Crippen LogP contribution in [0.1, 0.15) is 58.4 Å². The van der Waals surface area contributed by atoms with Gasteiger partial charge >= 0.3 is 0 Å². The maximum atomic E-state index is 11.8. The second kappa shape index (κ2) is 40.5. The van der Waals surface area contributed by atoms with Crippen LogP contribution in [0.4, 0.5) is 57.4 Å². The maximum Gasteiger partial charge on any atom is 0.296 e. The summed E-state index contributed by atoms with van der Waals surface area (Å²) in [5.74, 6) is -0.487. The van der Waals surface area contributed by atoms with Crippen molar-refractivity contribution >= 4 is 128 Å². The molecule has 0 atom stereocenters. The monoisotopic (exact) mass is 1760 g/mol. The number of nitrogens with one attached hydrogen (secondary N) is 2. The third-order valence-electron chi connectivity index (χ3n) is 15.6. The minimum Gasteiger partial charge on any atom is -0.496 e. The van der Waals surface area contributed by atoms with Gasteiger partial charge in [0.1, 0.15) is 56.9 Å². The van der Waals surface area contributed by atoms with Crippen LogP contribution in [0.15, 0.2) is 232 Å². The smallest absolute Gasteiger partial charge is 0.296 e. The number of nitrogens with zero attached hydrogens (tertiary/aromatic N) is 14. The molecule has 2 aromatic heterocycles. The van der Waals surface area contributed by atoms with Crippen molar-refractivity contribution in [1.29, 1.82) is 0 Å². The molecule has 0 amide bonds. The Labute approximate surface area is 676 Å². The largest absolute Gasteiger partial charge is 0.496 e. The fourth-order valence-corrected chi connectivity index (χ4v) is 13.7. The average Bonchev–Trinajstić information content (AvgIpc) is 0.801. The number of hydrogen-bond donors (Lipinski definition) is 9. The van der Waals surface area contributed by atoms with Gasteiger partial charge in [0.15, 0.2) is 0 Å². The predicted molar refractivity (Wildman–Crippen MR) is 425 cm³/mol. The summed E-state index contributed by atoms with van der Waals surface area (Å²) in [6, 6.07) is 44.1. The fourth-order valence-electron chi connectivity index (χ4n) is 10.3. The molecule has 0 bridgehead atoms. The number of methoxy groups -OCH3 is 2. The maximum absolute atomic E-state index is 11.8. The van der Waals surface area contributed by atoms with Crippen LogP contribution in [0.5, 0.6) is 23.0 Å². The van der Waals surface area contributed by atoms with E-state index in [1.165, 1.54) is 80.9 Å². The molecule has 9 N–H and O–H groups in total. The van der Waals surface area contributed by atoms with Crippen LogP contribution >= 0.6 is 0 Å². The third kappa shape index (κ3) is 30.4. The van der Waals surface area contributed by atoms with Crippen LogP contribution in [0, 0.1) is 0 Å². The van der Waals surface area contributed by atoms with E-state index in [-0.39, 0.29) is 138 Å². The summed E-state index contributed by atoms with van der Waals surface area (Å²) in [5, 5.41) is 38.4. The Balaban J connectivity index is 0.000000270. The molecule has 624 valence electrons. The number of anilines is 2. The zero-order valence-corrected chi connectivity index (χ0v) is 67.5. The van der Waals surface area contributed by atoms with E-state index >= 15 is 0 Å². The SMILES string of the molecule is COc1cc(N=Nc2cccc(S(=O)(=O)O)c2)ccc1Cc1nc(Cc2ccc(N=Nc3ccccc3)cc2OCCCS(=O)(=O)O)nc(NCCS(=O)(=O)O)n1.COc1cc(N=Nc2cccc(S(=O)(=O)O)c2)ccc1Cc1nc(Cc2ccc(N=Nc3ccccc3S(=O)(=O)O)cc2OCCCS(=O)(=O)O)nc(NCCS(=O)(=O)O)n1. The molecule has 0 saturated carbocycles. The molecule has 0 radical (unpaired) electrons. The lowest BCUT2D eigenvalue weighted by Gasteiger charge is -2.14. The first kappa shape index (κ1) is 90.3. The van der Waals surface area contributed by atoms with Crippen LogP contribution in [0.25, 0.3) is 0 Å². The molecule has 0 unspecified atom stereocenters. The van der Waals surface area contributed by atoms with E-state index in [9.17, 15) is 86.2 Å². The Morgan fingerprint density at radius 3 is 0.975 bits per heavy atom. The molecule has 48 heteroatoms. The normalized spacial score (nSPS) is 12.4. The summed E-state index contributed by atoms with van der Waals surface area (Å²) >= 11 is 0. The van der Waals surface area contributed by atoms with Crippen molar-refractivity contribution in [2.75, 3.05) is 74.2 Å². The summed E-state index contributed by atoms with van der Waals surface area (Å²) in [6.45, 7) is -0.749. The summed E-state index contributed by atoms with van der Waals surface area (Å²) < 4.78 is 249. The van der Waals surface area contributed by atoms with Crippen molar-refractivity contribution < 1.29 is 110 Å². The van der Waals surface area contributed by atoms with Crippen LogP contribution < -0.4 is 29.6 Å². The molecule has 2 heterocycles. The van der Waals surface area contributed by atoms with Gasteiger partial charge in [0.05, 0.1) is 100 Å². The number of aromatic nitrogens is 6. The average molecular weight is 1760 g/mol. The van der Waals surface area contributed by atoms with Crippen LogP contribution in [-0.2, 0) is 96.5 Å². The molecule has 0 aliphatic carbocycles. The van der Waals surface area contributed by atoms with Gasteiger partial charge < -0.3 is 29.6 Å². The van der Waals surface area contributed by atoms with Gasteiger partial charge in [-0.25, -0.2) is 9.97 Å².